The van der Waals surface area contributed by atoms with E-state index in [1.54, 1.807) is 0 Å². The van der Waals surface area contributed by atoms with Crippen LogP contribution in [0.2, 0.25) is 5.02 Å². The molecule has 1 heterocycles. The molecule has 1 aliphatic rings. The maximum atomic E-state index is 12.4. The van der Waals surface area contributed by atoms with Gasteiger partial charge in [0.1, 0.15) is 10.6 Å². The van der Waals surface area contributed by atoms with E-state index >= 15 is 0 Å². The van der Waals surface area contributed by atoms with Crippen LogP contribution in [-0.4, -0.2) is 36.4 Å². The first kappa shape index (κ1) is 16.7. The second kappa shape index (κ2) is 6.40. The summed E-state index contributed by atoms with van der Waals surface area (Å²) in [5.74, 6) is 0.000435. The van der Waals surface area contributed by atoms with Gasteiger partial charge >= 0.3 is 0 Å². The number of ether oxygens (including phenoxy) is 1. The van der Waals surface area contributed by atoms with Gasteiger partial charge in [-0.15, -0.1) is 5.10 Å². The highest BCUT2D eigenvalue weighted by molar-refractivity contribution is 7.90. The Bertz CT molecular complexity index is 877. The summed E-state index contributed by atoms with van der Waals surface area (Å²) >= 11 is 5.92. The highest BCUT2D eigenvalue weighted by Gasteiger charge is 2.25. The second-order valence-corrected chi connectivity index (χ2v) is 7.56. The van der Waals surface area contributed by atoms with Crippen LogP contribution in [0.1, 0.15) is 23.3 Å². The first-order valence-corrected chi connectivity index (χ1v) is 9.06. The smallest absolute Gasteiger partial charge is 0.287 e. The monoisotopic (exact) mass is 370 g/mol. The highest BCUT2D eigenvalue weighted by atomic mass is 35.5. The Kier molecular flexibility index (Phi) is 4.46. The molecule has 1 saturated carbocycles. The third-order valence-corrected chi connectivity index (χ3v) is 5.38. The molecule has 0 spiro atoms. The van der Waals surface area contributed by atoms with E-state index in [4.69, 9.17) is 16.3 Å². The van der Waals surface area contributed by atoms with Crippen molar-refractivity contribution < 1.29 is 17.9 Å². The molecule has 1 aromatic carbocycles. The first-order valence-electron chi connectivity index (χ1n) is 7.20. The average Bonchev–Trinajstić information content (AvgIpc) is 3.22. The molecular weight excluding hydrogens is 356 g/mol. The number of methoxy groups -OCH3 is 1. The molecule has 24 heavy (non-hydrogen) atoms. The van der Waals surface area contributed by atoms with E-state index in [1.165, 1.54) is 36.2 Å². The van der Waals surface area contributed by atoms with Crippen molar-refractivity contribution in [3.05, 3.63) is 35.1 Å². The Balaban J connectivity index is 1.78. The minimum Gasteiger partial charge on any atom is -0.497 e. The van der Waals surface area contributed by atoms with Crippen LogP contribution in [0.25, 0.3) is 0 Å². The van der Waals surface area contributed by atoms with Gasteiger partial charge in [-0.25, -0.2) is 13.1 Å². The number of nitrogens with zero attached hydrogens (tertiary/aromatic N) is 3. The van der Waals surface area contributed by atoms with Crippen molar-refractivity contribution in [3.8, 4) is 5.75 Å². The number of halogens is 1. The number of rotatable bonds is 6. The summed E-state index contributed by atoms with van der Waals surface area (Å²) in [5, 5.41) is 7.52. The van der Waals surface area contributed by atoms with Gasteiger partial charge < -0.3 is 4.74 Å². The van der Waals surface area contributed by atoms with E-state index in [2.05, 4.69) is 10.3 Å². The Morgan fingerprint density at radius 3 is 2.88 bits per heavy atom. The van der Waals surface area contributed by atoms with Crippen LogP contribution in [0.3, 0.4) is 0 Å². The molecule has 1 aromatic heterocycles. The SMILES string of the molecule is COc1ccc(Cl)c(S(=O)(=O)NC(=O)c2cn(CC3CC3)nn2)c1. The minimum atomic E-state index is -4.16. The Morgan fingerprint density at radius 1 is 1.46 bits per heavy atom. The largest absolute Gasteiger partial charge is 0.497 e. The van der Waals surface area contributed by atoms with Crippen molar-refractivity contribution in [1.82, 2.24) is 19.7 Å². The van der Waals surface area contributed by atoms with Gasteiger partial charge in [0.2, 0.25) is 0 Å². The van der Waals surface area contributed by atoms with Crippen molar-refractivity contribution in [3.63, 3.8) is 0 Å². The number of hydrogen-bond donors (Lipinski definition) is 1. The third-order valence-electron chi connectivity index (χ3n) is 3.57. The molecule has 1 N–H and O–H groups in total. The molecule has 128 valence electrons. The standard InChI is InChI=1S/C14H15ClN4O4S/c1-23-10-4-5-11(15)13(6-10)24(21,22)17-14(20)12-8-19(18-16-12)7-9-2-3-9/h4-6,8-9H,2-3,7H2,1H3,(H,17,20). The normalized spacial score (nSPS) is 14.4. The fraction of sp³-hybridized carbons (Fsp3) is 0.357. The van der Waals surface area contributed by atoms with Gasteiger partial charge in [-0.2, -0.15) is 0 Å². The first-order chi connectivity index (χ1) is 11.4. The second-order valence-electron chi connectivity index (χ2n) is 5.50. The van der Waals surface area contributed by atoms with Crippen LogP contribution >= 0.6 is 11.6 Å². The molecule has 0 aliphatic heterocycles. The zero-order chi connectivity index (χ0) is 17.3. The predicted octanol–water partition coefficient (Wildman–Crippen LogP) is 1.47. The summed E-state index contributed by atoms with van der Waals surface area (Å²) in [6, 6.07) is 4.14. The van der Waals surface area contributed by atoms with Crippen molar-refractivity contribution >= 4 is 27.5 Å². The highest BCUT2D eigenvalue weighted by Crippen LogP contribution is 2.30. The molecule has 8 nitrogen and oxygen atoms in total. The molecule has 1 amide bonds. The van der Waals surface area contributed by atoms with E-state index in [1.807, 2.05) is 4.72 Å². The molecule has 0 bridgehead atoms. The molecule has 0 radical (unpaired) electrons. The average molecular weight is 371 g/mol. The van der Waals surface area contributed by atoms with Crippen LogP contribution in [0, 0.1) is 5.92 Å². The van der Waals surface area contributed by atoms with Gasteiger partial charge in [0.05, 0.1) is 18.3 Å². The summed E-state index contributed by atoms with van der Waals surface area (Å²) in [4.78, 5) is 11.9. The van der Waals surface area contributed by atoms with E-state index in [9.17, 15) is 13.2 Å². The fourth-order valence-electron chi connectivity index (χ4n) is 2.10. The quantitative estimate of drug-likeness (QED) is 0.825. The summed E-state index contributed by atoms with van der Waals surface area (Å²) in [5.41, 5.74) is -0.0711. The summed E-state index contributed by atoms with van der Waals surface area (Å²) in [6.45, 7) is 0.675. The van der Waals surface area contributed by atoms with Crippen LogP contribution in [-0.2, 0) is 16.6 Å². The number of hydrogen-bond acceptors (Lipinski definition) is 6. The molecule has 2 aromatic rings. The van der Waals surface area contributed by atoms with Crippen LogP contribution in [0.5, 0.6) is 5.75 Å². The van der Waals surface area contributed by atoms with E-state index in [0.717, 1.165) is 12.8 Å². The van der Waals surface area contributed by atoms with Gasteiger partial charge in [0.25, 0.3) is 15.9 Å². The molecule has 0 atom stereocenters. The summed E-state index contributed by atoms with van der Waals surface area (Å²) < 4.78 is 33.2. The van der Waals surface area contributed by atoms with Crippen molar-refractivity contribution in [2.75, 3.05) is 7.11 Å². The van der Waals surface area contributed by atoms with Gasteiger partial charge in [-0.3, -0.25) is 9.48 Å². The van der Waals surface area contributed by atoms with Crippen molar-refractivity contribution in [2.24, 2.45) is 5.92 Å². The lowest BCUT2D eigenvalue weighted by molar-refractivity contribution is 0.0976. The number of amides is 1. The molecular formula is C14H15ClN4O4S. The van der Waals surface area contributed by atoms with Gasteiger partial charge in [-0.1, -0.05) is 16.8 Å². The number of sulfonamides is 1. The maximum absolute atomic E-state index is 12.4. The Labute approximate surface area is 143 Å². The third kappa shape index (κ3) is 3.68. The van der Waals surface area contributed by atoms with Gasteiger partial charge in [0.15, 0.2) is 5.69 Å². The number of nitrogens with one attached hydrogen (secondary N) is 1. The molecule has 0 saturated heterocycles. The number of aromatic nitrogens is 3. The van der Waals surface area contributed by atoms with Crippen LogP contribution in [0.15, 0.2) is 29.3 Å². The minimum absolute atomic E-state index is 0.0199. The molecule has 0 unspecified atom stereocenters. The van der Waals surface area contributed by atoms with Crippen LogP contribution < -0.4 is 9.46 Å². The predicted molar refractivity (Wildman–Crippen MR) is 85.4 cm³/mol. The molecule has 3 rings (SSSR count). The van der Waals surface area contributed by atoms with E-state index < -0.39 is 15.9 Å². The lowest BCUT2D eigenvalue weighted by Crippen LogP contribution is -2.31. The number of benzene rings is 1. The number of carbonyl (C=O) groups is 1. The topological polar surface area (TPSA) is 103 Å². The van der Waals surface area contributed by atoms with Gasteiger partial charge in [-0.05, 0) is 30.9 Å². The lowest BCUT2D eigenvalue weighted by atomic mass is 10.3. The summed E-state index contributed by atoms with van der Waals surface area (Å²) in [6.07, 6.45) is 3.69. The Hall–Kier alpha value is -2.13. The molecule has 10 heteroatoms. The van der Waals surface area contributed by atoms with Crippen molar-refractivity contribution in [1.29, 1.82) is 0 Å². The zero-order valence-corrected chi connectivity index (χ0v) is 14.3. The van der Waals surface area contributed by atoms with E-state index in [0.29, 0.717) is 18.2 Å². The van der Waals surface area contributed by atoms with E-state index in [-0.39, 0.29) is 15.6 Å². The maximum Gasteiger partial charge on any atom is 0.287 e. The lowest BCUT2D eigenvalue weighted by Gasteiger charge is -2.08. The molecule has 1 aliphatic carbocycles. The van der Waals surface area contributed by atoms with Crippen LogP contribution in [0.4, 0.5) is 0 Å². The van der Waals surface area contributed by atoms with Crippen molar-refractivity contribution in [2.45, 2.75) is 24.3 Å². The molecule has 1 fully saturated rings. The Morgan fingerprint density at radius 2 is 2.21 bits per heavy atom. The fourth-order valence-corrected chi connectivity index (χ4v) is 3.58. The van der Waals surface area contributed by atoms with Gasteiger partial charge in [0, 0.05) is 12.6 Å². The zero-order valence-electron chi connectivity index (χ0n) is 12.8. The number of carbonyl (C=O) groups excluding carboxylic acids is 1. The summed E-state index contributed by atoms with van der Waals surface area (Å²) in [7, 11) is -2.76.